The van der Waals surface area contributed by atoms with Gasteiger partial charge >= 0.3 is 0 Å². The standard InChI is InChI=1S/C30H41FN4O4Si/c1-40(2,3)18-17-38-22-39-35-12-10-26-28-24(5-4-11-33-13-15-37-16-14-33)21-34(20-23-6-8-25(31)9-7-23)27(28)19-32-29(26)30(35)36/h6-9,19,21H,4-5,10-18,20,22H2,1-3H3. The highest BCUT2D eigenvalue weighted by molar-refractivity contribution is 6.76. The zero-order valence-electron chi connectivity index (χ0n) is 24.0. The fraction of sp³-hybridized carbons (Fsp3) is 0.533. The number of morpholine rings is 1. The van der Waals surface area contributed by atoms with Crippen molar-refractivity contribution in [3.05, 3.63) is 64.9 Å². The van der Waals surface area contributed by atoms with Gasteiger partial charge in [-0.15, -0.1) is 0 Å². The zero-order valence-corrected chi connectivity index (χ0v) is 25.0. The van der Waals surface area contributed by atoms with Gasteiger partial charge in [0.1, 0.15) is 11.5 Å². The van der Waals surface area contributed by atoms with Crippen LogP contribution >= 0.6 is 0 Å². The van der Waals surface area contributed by atoms with Crippen molar-refractivity contribution in [2.45, 2.75) is 51.5 Å². The number of ether oxygens (including phenoxy) is 2. The molecule has 216 valence electrons. The van der Waals surface area contributed by atoms with Gasteiger partial charge in [0, 0.05) is 45.9 Å². The smallest absolute Gasteiger partial charge is 0.296 e. The lowest BCUT2D eigenvalue weighted by molar-refractivity contribution is -0.195. The van der Waals surface area contributed by atoms with E-state index in [9.17, 15) is 9.18 Å². The number of aromatic nitrogens is 2. The maximum atomic E-state index is 13.5. The van der Waals surface area contributed by atoms with Crippen molar-refractivity contribution in [1.29, 1.82) is 0 Å². The molecule has 1 aromatic carbocycles. The Bertz CT molecular complexity index is 1300. The molecule has 1 fully saturated rings. The van der Waals surface area contributed by atoms with E-state index in [1.165, 1.54) is 22.8 Å². The van der Waals surface area contributed by atoms with Gasteiger partial charge in [-0.1, -0.05) is 31.8 Å². The molecule has 2 aliphatic heterocycles. The van der Waals surface area contributed by atoms with Gasteiger partial charge in [-0.05, 0) is 60.7 Å². The van der Waals surface area contributed by atoms with Gasteiger partial charge in [-0.25, -0.2) is 19.3 Å². The summed E-state index contributed by atoms with van der Waals surface area (Å²) < 4.78 is 26.8. The third-order valence-corrected chi connectivity index (χ3v) is 9.38. The quantitative estimate of drug-likeness (QED) is 0.179. The van der Waals surface area contributed by atoms with Crippen molar-refractivity contribution in [3.63, 3.8) is 0 Å². The summed E-state index contributed by atoms with van der Waals surface area (Å²) in [6, 6.07) is 7.67. The normalized spacial score (nSPS) is 16.6. The fourth-order valence-corrected chi connectivity index (χ4v) is 6.14. The number of rotatable bonds is 12. The van der Waals surface area contributed by atoms with E-state index >= 15 is 0 Å². The Labute approximate surface area is 237 Å². The molecule has 4 heterocycles. The molecule has 0 spiro atoms. The summed E-state index contributed by atoms with van der Waals surface area (Å²) >= 11 is 0. The number of benzene rings is 1. The van der Waals surface area contributed by atoms with Crippen LogP contribution in [0.5, 0.6) is 0 Å². The van der Waals surface area contributed by atoms with E-state index in [1.807, 2.05) is 12.1 Å². The number of carbonyl (C=O) groups is 1. The molecule has 5 rings (SSSR count). The second kappa shape index (κ2) is 12.9. The van der Waals surface area contributed by atoms with Crippen molar-refractivity contribution >= 4 is 24.9 Å². The van der Waals surface area contributed by atoms with E-state index in [0.717, 1.165) is 73.8 Å². The van der Waals surface area contributed by atoms with E-state index in [0.29, 0.717) is 31.8 Å². The maximum absolute atomic E-state index is 13.5. The Morgan fingerprint density at radius 3 is 2.62 bits per heavy atom. The van der Waals surface area contributed by atoms with Gasteiger partial charge in [-0.2, -0.15) is 0 Å². The third-order valence-electron chi connectivity index (χ3n) is 7.67. The van der Waals surface area contributed by atoms with Crippen molar-refractivity contribution in [2.75, 3.05) is 52.8 Å². The summed E-state index contributed by atoms with van der Waals surface area (Å²) in [7, 11) is -1.18. The van der Waals surface area contributed by atoms with Crippen molar-refractivity contribution < 1.29 is 23.5 Å². The molecule has 1 saturated heterocycles. The summed E-state index contributed by atoms with van der Waals surface area (Å²) in [6.07, 6.45) is 6.58. The second-order valence-corrected chi connectivity index (χ2v) is 17.6. The number of hydrogen-bond donors (Lipinski definition) is 0. The van der Waals surface area contributed by atoms with Crippen LogP contribution in [-0.2, 0) is 33.7 Å². The lowest BCUT2D eigenvalue weighted by Crippen LogP contribution is -2.39. The molecule has 0 unspecified atom stereocenters. The number of amides is 1. The molecule has 0 radical (unpaired) electrons. The monoisotopic (exact) mass is 568 g/mol. The first-order valence-corrected chi connectivity index (χ1v) is 18.1. The van der Waals surface area contributed by atoms with Crippen LogP contribution in [0.2, 0.25) is 25.7 Å². The van der Waals surface area contributed by atoms with Crippen LogP contribution in [0.1, 0.15) is 33.6 Å². The number of halogens is 1. The molecular formula is C30H41FN4O4Si. The molecular weight excluding hydrogens is 527 g/mol. The van der Waals surface area contributed by atoms with E-state index < -0.39 is 8.07 Å². The first kappa shape index (κ1) is 28.9. The largest absolute Gasteiger partial charge is 0.379 e. The topological polar surface area (TPSA) is 69.1 Å². The highest BCUT2D eigenvalue weighted by Crippen LogP contribution is 2.32. The van der Waals surface area contributed by atoms with Gasteiger partial charge in [0.05, 0.1) is 31.5 Å². The Hall–Kier alpha value is -2.63. The second-order valence-electron chi connectivity index (χ2n) is 11.9. The molecule has 0 aliphatic carbocycles. The molecule has 0 atom stereocenters. The van der Waals surface area contributed by atoms with E-state index in [2.05, 4.69) is 40.3 Å². The van der Waals surface area contributed by atoms with Crippen LogP contribution in [-0.4, -0.2) is 86.3 Å². The van der Waals surface area contributed by atoms with Gasteiger partial charge in [-0.3, -0.25) is 9.69 Å². The minimum atomic E-state index is -1.18. The van der Waals surface area contributed by atoms with E-state index in [4.69, 9.17) is 14.3 Å². The maximum Gasteiger partial charge on any atom is 0.296 e. The first-order chi connectivity index (χ1) is 19.3. The fourth-order valence-electron chi connectivity index (χ4n) is 5.39. The average molecular weight is 569 g/mol. The van der Waals surface area contributed by atoms with Crippen molar-refractivity contribution in [2.24, 2.45) is 0 Å². The third kappa shape index (κ3) is 7.16. The van der Waals surface area contributed by atoms with E-state index in [-0.39, 0.29) is 18.5 Å². The minimum absolute atomic E-state index is 0.0641. The molecule has 40 heavy (non-hydrogen) atoms. The number of hydroxylamine groups is 2. The lowest BCUT2D eigenvalue weighted by Gasteiger charge is -2.27. The number of fused-ring (bicyclic) bond motifs is 3. The van der Waals surface area contributed by atoms with Crippen LogP contribution in [0.3, 0.4) is 0 Å². The predicted octanol–water partition coefficient (Wildman–Crippen LogP) is 4.73. The summed E-state index contributed by atoms with van der Waals surface area (Å²) in [5.74, 6) is -0.463. The van der Waals surface area contributed by atoms with Crippen LogP contribution in [0, 0.1) is 5.82 Å². The number of pyridine rings is 1. The van der Waals surface area contributed by atoms with Crippen LogP contribution in [0.25, 0.3) is 10.9 Å². The van der Waals surface area contributed by atoms with Crippen LogP contribution in [0.4, 0.5) is 4.39 Å². The van der Waals surface area contributed by atoms with Crippen molar-refractivity contribution in [3.8, 4) is 0 Å². The summed E-state index contributed by atoms with van der Waals surface area (Å²) in [4.78, 5) is 26.2. The average Bonchev–Trinajstić information content (AvgIpc) is 3.28. The minimum Gasteiger partial charge on any atom is -0.379 e. The molecule has 0 bridgehead atoms. The number of nitrogens with zero attached hydrogens (tertiary/aromatic N) is 4. The lowest BCUT2D eigenvalue weighted by atomic mass is 9.97. The molecule has 2 aliphatic rings. The van der Waals surface area contributed by atoms with E-state index in [1.54, 1.807) is 6.20 Å². The number of hydrogen-bond acceptors (Lipinski definition) is 6. The van der Waals surface area contributed by atoms with Gasteiger partial charge in [0.2, 0.25) is 0 Å². The molecule has 8 nitrogen and oxygen atoms in total. The highest BCUT2D eigenvalue weighted by Gasteiger charge is 2.30. The SMILES string of the molecule is C[Si](C)(C)CCOCON1CCc2c(ncc3c2c(CCCN2CCOCC2)cn3Cc2ccc(F)cc2)C1=O. The molecule has 0 N–H and O–H groups in total. The molecule has 10 heteroatoms. The summed E-state index contributed by atoms with van der Waals surface area (Å²) in [5, 5.41) is 2.51. The molecule has 1 amide bonds. The Balaban J connectivity index is 1.35. The predicted molar refractivity (Wildman–Crippen MR) is 156 cm³/mol. The molecule has 3 aromatic rings. The zero-order chi connectivity index (χ0) is 28.1. The van der Waals surface area contributed by atoms with Gasteiger partial charge in [0.15, 0.2) is 6.79 Å². The van der Waals surface area contributed by atoms with Crippen LogP contribution in [0.15, 0.2) is 36.7 Å². The number of aryl methyl sites for hydroxylation is 1. The Kier molecular flexibility index (Phi) is 9.32. The summed E-state index contributed by atoms with van der Waals surface area (Å²) in [5.41, 5.74) is 4.68. The van der Waals surface area contributed by atoms with Gasteiger partial charge in [0.25, 0.3) is 5.91 Å². The molecule has 0 saturated carbocycles. The number of carbonyl (C=O) groups excluding carboxylic acids is 1. The summed E-state index contributed by atoms with van der Waals surface area (Å²) in [6.45, 7) is 13.2. The van der Waals surface area contributed by atoms with Gasteiger partial charge < -0.3 is 14.0 Å². The highest BCUT2D eigenvalue weighted by atomic mass is 28.3. The van der Waals surface area contributed by atoms with Crippen molar-refractivity contribution in [1.82, 2.24) is 19.5 Å². The Morgan fingerprint density at radius 2 is 1.88 bits per heavy atom. The Morgan fingerprint density at radius 1 is 1.10 bits per heavy atom. The molecule has 2 aromatic heterocycles. The first-order valence-electron chi connectivity index (χ1n) is 14.4. The van der Waals surface area contributed by atoms with Crippen LogP contribution < -0.4 is 0 Å².